The van der Waals surface area contributed by atoms with Crippen molar-refractivity contribution in [2.45, 2.75) is 38.7 Å². The van der Waals surface area contributed by atoms with Crippen LogP contribution < -0.4 is 30.7 Å². The van der Waals surface area contributed by atoms with Crippen LogP contribution in [0.25, 0.3) is 0 Å². The number of ether oxygens (including phenoxy) is 6. The molecule has 2 atom stereocenters. The number of halogens is 1. The van der Waals surface area contributed by atoms with Crippen molar-refractivity contribution >= 4 is 15.9 Å². The highest BCUT2D eigenvalue weighted by molar-refractivity contribution is 7.85. The van der Waals surface area contributed by atoms with Gasteiger partial charge in [0.05, 0.1) is 46.9 Å². The van der Waals surface area contributed by atoms with Gasteiger partial charge in [-0.2, -0.15) is 0 Å². The second-order valence-corrected chi connectivity index (χ2v) is 15.6. The lowest BCUT2D eigenvalue weighted by Gasteiger charge is -2.41. The van der Waals surface area contributed by atoms with E-state index in [1.165, 1.54) is 25.9 Å². The first-order valence-corrected chi connectivity index (χ1v) is 18.5. The Kier molecular flexibility index (Phi) is 14.0. The van der Waals surface area contributed by atoms with Crippen LogP contribution in [0, 0.1) is 18.0 Å². The molecule has 2 aromatic carbocycles. The number of hydrogen-bond acceptors (Lipinski definition) is 10. The second-order valence-electron chi connectivity index (χ2n) is 11.2. The molecule has 2 aliphatic rings. The maximum atomic E-state index is 12.4. The Balaban J connectivity index is 0.000000254. The maximum absolute atomic E-state index is 12.4. The molecule has 252 valence electrons. The molecule has 0 amide bonds. The normalized spacial score (nSPS) is 21.0. The largest absolute Gasteiger partial charge is 0.748 e. The van der Waals surface area contributed by atoms with Crippen molar-refractivity contribution in [2.75, 3.05) is 45.4 Å². The van der Waals surface area contributed by atoms with E-state index in [0.29, 0.717) is 52.5 Å². The van der Waals surface area contributed by atoms with Gasteiger partial charge in [0.1, 0.15) is 50.3 Å². The SMILES string of the molecule is C=COCCOC12CCC(CS(=O)(=O)[O-])(C(=O)C1)C2(C)C.C=COCCOc1ccc([I+]c2ccc(OCCOC=C)cc2)cc1. The summed E-state index contributed by atoms with van der Waals surface area (Å²) in [6.45, 7) is 16.7. The highest BCUT2D eigenvalue weighted by Gasteiger charge is 2.73. The fourth-order valence-corrected chi connectivity index (χ4v) is 9.33. The molecule has 46 heavy (non-hydrogen) atoms. The summed E-state index contributed by atoms with van der Waals surface area (Å²) in [6.07, 6.45) is 5.26. The smallest absolute Gasteiger partial charge is 0.357 e. The van der Waals surface area contributed by atoms with E-state index >= 15 is 0 Å². The molecule has 2 unspecified atom stereocenters. The van der Waals surface area contributed by atoms with Gasteiger partial charge in [-0.05, 0) is 61.4 Å². The van der Waals surface area contributed by atoms with Gasteiger partial charge in [-0.1, -0.05) is 33.6 Å². The van der Waals surface area contributed by atoms with Gasteiger partial charge in [0.2, 0.25) is 0 Å². The van der Waals surface area contributed by atoms with Gasteiger partial charge in [-0.3, -0.25) is 4.79 Å². The Bertz CT molecular complexity index is 1350. The lowest BCUT2D eigenvalue weighted by atomic mass is 9.69. The highest BCUT2D eigenvalue weighted by atomic mass is 127. The lowest BCUT2D eigenvalue weighted by molar-refractivity contribution is -0.597. The molecule has 0 saturated heterocycles. The van der Waals surface area contributed by atoms with Gasteiger partial charge < -0.3 is 33.0 Å². The summed E-state index contributed by atoms with van der Waals surface area (Å²) in [5.41, 5.74) is -2.52. The summed E-state index contributed by atoms with van der Waals surface area (Å²) < 4.78 is 68.5. The second kappa shape index (κ2) is 17.2. The first kappa shape index (κ1) is 37.4. The number of ketones is 1. The number of carbonyl (C=O) groups excluding carboxylic acids is 1. The van der Waals surface area contributed by atoms with Crippen LogP contribution in [0.3, 0.4) is 0 Å². The monoisotopic (exact) mass is 770 g/mol. The van der Waals surface area contributed by atoms with Gasteiger partial charge in [0.15, 0.2) is 7.14 Å². The molecule has 10 nitrogen and oxygen atoms in total. The topological polar surface area (TPSA) is 130 Å². The van der Waals surface area contributed by atoms with Crippen LogP contribution in [0.5, 0.6) is 11.5 Å². The number of benzene rings is 2. The van der Waals surface area contributed by atoms with E-state index in [1.807, 2.05) is 38.1 Å². The average molecular weight is 771 g/mol. The molecule has 2 fully saturated rings. The van der Waals surface area contributed by atoms with Crippen molar-refractivity contribution < 1.29 is 67.4 Å². The molecule has 0 heterocycles. The number of hydrogen-bond donors (Lipinski definition) is 0. The molecule has 2 aliphatic carbocycles. The van der Waals surface area contributed by atoms with Gasteiger partial charge in [0.25, 0.3) is 0 Å². The van der Waals surface area contributed by atoms with Crippen molar-refractivity contribution in [3.8, 4) is 11.5 Å². The molecule has 0 N–H and O–H groups in total. The first-order chi connectivity index (χ1) is 21.9. The van der Waals surface area contributed by atoms with Crippen LogP contribution in [0.15, 0.2) is 87.1 Å². The zero-order valence-electron chi connectivity index (χ0n) is 26.4. The Hall–Kier alpha value is -3.07. The summed E-state index contributed by atoms with van der Waals surface area (Å²) in [7, 11) is -4.48. The van der Waals surface area contributed by atoms with E-state index in [1.54, 1.807) is 0 Å². The fourth-order valence-electron chi connectivity index (χ4n) is 5.90. The highest BCUT2D eigenvalue weighted by Crippen LogP contribution is 2.67. The van der Waals surface area contributed by atoms with Crippen LogP contribution in [0.1, 0.15) is 33.1 Å². The molecule has 12 heteroatoms. The van der Waals surface area contributed by atoms with E-state index in [9.17, 15) is 17.8 Å². The predicted molar refractivity (Wildman–Crippen MR) is 168 cm³/mol. The third-order valence-corrected chi connectivity index (χ3v) is 11.9. The number of rotatable bonds is 19. The van der Waals surface area contributed by atoms with E-state index in [2.05, 4.69) is 44.0 Å². The standard InChI is InChI=1S/C20H22IO4.C14H22O6S/c1-3-22-13-15-24-19-9-5-17(6-10-19)21-18-7-11-20(12-8-18)25-16-14-23-4-2;1-4-19-7-8-20-14-6-5-13(11(15)9-14,12(14,2)3)10-21(16,17)18/h3-12H,1-2,13-16H2;4H,1,5-10H2,2-3H3,(H,16,17,18)/q+1;/p-1. The summed E-state index contributed by atoms with van der Waals surface area (Å²) in [5.74, 6) is 0.889. The molecule has 0 aromatic heterocycles. The molecule has 0 radical (unpaired) electrons. The quantitative estimate of drug-likeness (QED) is 0.0908. The van der Waals surface area contributed by atoms with E-state index in [-0.39, 0.29) is 33.4 Å². The van der Waals surface area contributed by atoms with Crippen LogP contribution in [0.2, 0.25) is 0 Å². The van der Waals surface area contributed by atoms with Gasteiger partial charge in [-0.25, -0.2) is 8.42 Å². The minimum Gasteiger partial charge on any atom is -0.748 e. The van der Waals surface area contributed by atoms with Crippen molar-refractivity contribution in [1.82, 2.24) is 0 Å². The van der Waals surface area contributed by atoms with E-state index in [4.69, 9.17) is 28.4 Å². The third kappa shape index (κ3) is 9.72. The van der Waals surface area contributed by atoms with Crippen LogP contribution in [-0.2, 0) is 33.9 Å². The van der Waals surface area contributed by atoms with Gasteiger partial charge in [-0.15, -0.1) is 0 Å². The number of carbonyl (C=O) groups is 1. The summed E-state index contributed by atoms with van der Waals surface area (Å²) in [5, 5.41) is 0. The van der Waals surface area contributed by atoms with Crippen molar-refractivity contribution in [3.63, 3.8) is 0 Å². The predicted octanol–water partition coefficient (Wildman–Crippen LogP) is 2.12. The number of Topliss-reactive ketones (excluding diaryl/α,β-unsaturated/α-hetero) is 1. The maximum Gasteiger partial charge on any atom is 0.357 e. The summed E-state index contributed by atoms with van der Waals surface area (Å²) in [6, 6.07) is 16.5. The van der Waals surface area contributed by atoms with E-state index < -0.39 is 32.3 Å². The first-order valence-electron chi connectivity index (χ1n) is 14.8. The molecular formula is C34H43IO10S. The minimum atomic E-state index is -4.48. The fraction of sp³-hybridized carbons (Fsp3) is 0.441. The van der Waals surface area contributed by atoms with Crippen LogP contribution >= 0.6 is 0 Å². The zero-order chi connectivity index (χ0) is 33.7. The minimum absolute atomic E-state index is 0.156. The van der Waals surface area contributed by atoms with Crippen LogP contribution in [0.4, 0.5) is 0 Å². The molecule has 4 rings (SSSR count). The van der Waals surface area contributed by atoms with Crippen molar-refractivity contribution in [2.24, 2.45) is 10.8 Å². The van der Waals surface area contributed by atoms with Gasteiger partial charge >= 0.3 is 21.2 Å². The van der Waals surface area contributed by atoms with Crippen LogP contribution in [-0.4, -0.2) is 69.7 Å². The average Bonchev–Trinajstić information content (AvgIpc) is 3.31. The molecule has 2 bridgehead atoms. The van der Waals surface area contributed by atoms with Gasteiger partial charge in [0, 0.05) is 17.3 Å². The molecule has 2 aromatic rings. The zero-order valence-corrected chi connectivity index (χ0v) is 29.4. The lowest BCUT2D eigenvalue weighted by Crippen LogP contribution is -3.61. The van der Waals surface area contributed by atoms with E-state index in [0.717, 1.165) is 11.5 Å². The molecular weight excluding hydrogens is 727 g/mol. The molecule has 2 saturated carbocycles. The Morgan fingerprint density at radius 1 is 0.761 bits per heavy atom. The number of fused-ring (bicyclic) bond motifs is 2. The van der Waals surface area contributed by atoms with Crippen molar-refractivity contribution in [3.05, 3.63) is 94.2 Å². The van der Waals surface area contributed by atoms with Crippen molar-refractivity contribution in [1.29, 1.82) is 0 Å². The summed E-state index contributed by atoms with van der Waals surface area (Å²) in [4.78, 5) is 12.4. The Labute approximate surface area is 282 Å². The molecule has 0 aliphatic heterocycles. The Morgan fingerprint density at radius 3 is 1.63 bits per heavy atom. The third-order valence-electron chi connectivity index (χ3n) is 8.41. The molecule has 0 spiro atoms. The Morgan fingerprint density at radius 2 is 1.22 bits per heavy atom. The summed E-state index contributed by atoms with van der Waals surface area (Å²) >= 11 is -0.223.